The molecular formula is C28H29N3O3. The number of benzene rings is 3. The molecule has 0 saturated heterocycles. The molecule has 6 heteroatoms. The summed E-state index contributed by atoms with van der Waals surface area (Å²) in [6.07, 6.45) is 0.911. The highest BCUT2D eigenvalue weighted by molar-refractivity contribution is 5.79. The van der Waals surface area contributed by atoms with Gasteiger partial charge in [-0.2, -0.15) is 0 Å². The zero-order valence-corrected chi connectivity index (χ0v) is 19.8. The second-order valence-electron chi connectivity index (χ2n) is 8.11. The average Bonchev–Trinajstić information content (AvgIpc) is 2.88. The molecule has 0 spiro atoms. The topological polar surface area (TPSA) is 64.4 Å². The maximum Gasteiger partial charge on any atom is 0.266 e. The standard InChI is InChI=1S/C28H29N3O3/c1-4-21-15-17-22(18-16-21)31-27(29-25-14-10-9-13-24(25)28(31)33)20(3)30(5-2)26(32)19-34-23-11-7-6-8-12-23/h6-18,20H,4-5,19H2,1-3H3. The second-order valence-corrected chi connectivity index (χ2v) is 8.11. The zero-order chi connectivity index (χ0) is 24.1. The van der Waals surface area contributed by atoms with Crippen LogP contribution in [-0.2, 0) is 11.2 Å². The van der Waals surface area contributed by atoms with Crippen molar-refractivity contribution in [3.63, 3.8) is 0 Å². The summed E-state index contributed by atoms with van der Waals surface area (Å²) < 4.78 is 7.32. The van der Waals surface area contributed by atoms with Gasteiger partial charge in [0.05, 0.1) is 22.6 Å². The van der Waals surface area contributed by atoms with Crippen LogP contribution in [0.15, 0.2) is 83.7 Å². The van der Waals surface area contributed by atoms with Gasteiger partial charge in [-0.1, -0.05) is 49.4 Å². The van der Waals surface area contributed by atoms with Crippen LogP contribution in [0, 0.1) is 0 Å². The fourth-order valence-corrected chi connectivity index (χ4v) is 4.11. The Hall–Kier alpha value is -3.93. The lowest BCUT2D eigenvalue weighted by atomic mass is 10.1. The van der Waals surface area contributed by atoms with E-state index in [-0.39, 0.29) is 18.1 Å². The molecule has 1 heterocycles. The van der Waals surface area contributed by atoms with Crippen LogP contribution in [0.2, 0.25) is 0 Å². The van der Waals surface area contributed by atoms with Gasteiger partial charge in [0.15, 0.2) is 6.61 Å². The first-order valence-electron chi connectivity index (χ1n) is 11.6. The van der Waals surface area contributed by atoms with Crippen molar-refractivity contribution in [3.8, 4) is 11.4 Å². The lowest BCUT2D eigenvalue weighted by molar-refractivity contribution is -0.135. The minimum absolute atomic E-state index is 0.0921. The second kappa shape index (κ2) is 10.3. The minimum atomic E-state index is -0.444. The Kier molecular flexibility index (Phi) is 7.07. The predicted octanol–water partition coefficient (Wildman–Crippen LogP) is 4.94. The van der Waals surface area contributed by atoms with E-state index in [4.69, 9.17) is 9.72 Å². The molecular weight excluding hydrogens is 426 g/mol. The minimum Gasteiger partial charge on any atom is -0.484 e. The van der Waals surface area contributed by atoms with Crippen molar-refractivity contribution >= 4 is 16.8 Å². The number of aromatic nitrogens is 2. The SMILES string of the molecule is CCc1ccc(-n2c(C(C)N(CC)C(=O)COc3ccccc3)nc3ccccc3c2=O)cc1. The lowest BCUT2D eigenvalue weighted by Gasteiger charge is -2.29. The van der Waals surface area contributed by atoms with Crippen molar-refractivity contribution < 1.29 is 9.53 Å². The van der Waals surface area contributed by atoms with Gasteiger partial charge in [-0.25, -0.2) is 4.98 Å². The summed E-state index contributed by atoms with van der Waals surface area (Å²) in [6, 6.07) is 24.0. The summed E-state index contributed by atoms with van der Waals surface area (Å²) in [6.45, 7) is 6.27. The fraction of sp³-hybridized carbons (Fsp3) is 0.250. The first-order valence-corrected chi connectivity index (χ1v) is 11.6. The molecule has 1 amide bonds. The van der Waals surface area contributed by atoms with Crippen LogP contribution < -0.4 is 10.3 Å². The third kappa shape index (κ3) is 4.71. The Bertz CT molecular complexity index is 1330. The van der Waals surface area contributed by atoms with Crippen molar-refractivity contribution in [3.05, 3.63) is 101 Å². The lowest BCUT2D eigenvalue weighted by Crippen LogP contribution is -2.39. The van der Waals surface area contributed by atoms with Crippen molar-refractivity contribution in [1.82, 2.24) is 14.5 Å². The number of rotatable bonds is 8. The monoisotopic (exact) mass is 455 g/mol. The summed E-state index contributed by atoms with van der Waals surface area (Å²) in [5.41, 5.74) is 2.37. The van der Waals surface area contributed by atoms with Gasteiger partial charge in [-0.15, -0.1) is 0 Å². The molecule has 1 atom stereocenters. The van der Waals surface area contributed by atoms with Crippen LogP contribution in [0.3, 0.4) is 0 Å². The van der Waals surface area contributed by atoms with Crippen LogP contribution in [-0.4, -0.2) is 33.5 Å². The molecule has 4 rings (SSSR count). The van der Waals surface area contributed by atoms with Crippen molar-refractivity contribution in [1.29, 1.82) is 0 Å². The molecule has 0 N–H and O–H groups in total. The van der Waals surface area contributed by atoms with Gasteiger partial charge < -0.3 is 9.64 Å². The van der Waals surface area contributed by atoms with E-state index in [2.05, 4.69) is 6.92 Å². The Morgan fingerprint density at radius 2 is 1.65 bits per heavy atom. The Morgan fingerprint density at radius 3 is 2.32 bits per heavy atom. The molecule has 3 aromatic carbocycles. The average molecular weight is 456 g/mol. The van der Waals surface area contributed by atoms with Crippen LogP contribution >= 0.6 is 0 Å². The van der Waals surface area contributed by atoms with Gasteiger partial charge in [0.1, 0.15) is 11.6 Å². The molecule has 0 fully saturated rings. The number of carbonyl (C=O) groups excluding carboxylic acids is 1. The number of para-hydroxylation sites is 2. The van der Waals surface area contributed by atoms with Gasteiger partial charge in [0, 0.05) is 6.54 Å². The summed E-state index contributed by atoms with van der Waals surface area (Å²) in [7, 11) is 0. The molecule has 6 nitrogen and oxygen atoms in total. The number of likely N-dealkylation sites (N-methyl/N-ethyl adjacent to an activating group) is 1. The Morgan fingerprint density at radius 1 is 0.971 bits per heavy atom. The van der Waals surface area contributed by atoms with Crippen molar-refractivity contribution in [2.75, 3.05) is 13.2 Å². The third-order valence-corrected chi connectivity index (χ3v) is 6.01. The zero-order valence-electron chi connectivity index (χ0n) is 19.8. The molecule has 0 aliphatic heterocycles. The van der Waals surface area contributed by atoms with Crippen LogP contribution in [0.25, 0.3) is 16.6 Å². The van der Waals surface area contributed by atoms with Gasteiger partial charge in [-0.3, -0.25) is 14.2 Å². The fourth-order valence-electron chi connectivity index (χ4n) is 4.11. The van der Waals surface area contributed by atoms with E-state index in [0.717, 1.165) is 12.1 Å². The number of aryl methyl sites for hydroxylation is 1. The maximum atomic E-state index is 13.6. The molecule has 0 saturated carbocycles. The van der Waals surface area contributed by atoms with Gasteiger partial charge in [0.25, 0.3) is 11.5 Å². The maximum absolute atomic E-state index is 13.6. The van der Waals surface area contributed by atoms with Crippen LogP contribution in [0.1, 0.15) is 38.2 Å². The van der Waals surface area contributed by atoms with E-state index >= 15 is 0 Å². The van der Waals surface area contributed by atoms with Crippen molar-refractivity contribution in [2.24, 2.45) is 0 Å². The van der Waals surface area contributed by atoms with E-state index in [1.807, 2.05) is 86.6 Å². The van der Waals surface area contributed by atoms with E-state index in [0.29, 0.717) is 29.0 Å². The first kappa shape index (κ1) is 23.2. The van der Waals surface area contributed by atoms with Crippen LogP contribution in [0.4, 0.5) is 0 Å². The van der Waals surface area contributed by atoms with Gasteiger partial charge in [0.2, 0.25) is 0 Å². The van der Waals surface area contributed by atoms with Gasteiger partial charge >= 0.3 is 0 Å². The third-order valence-electron chi connectivity index (χ3n) is 6.01. The number of hydrogen-bond acceptors (Lipinski definition) is 4. The summed E-state index contributed by atoms with van der Waals surface area (Å²) in [5, 5.41) is 0.541. The molecule has 0 radical (unpaired) electrons. The highest BCUT2D eigenvalue weighted by Crippen LogP contribution is 2.23. The molecule has 1 aromatic heterocycles. The molecule has 4 aromatic rings. The number of nitrogens with zero attached hydrogens (tertiary/aromatic N) is 3. The van der Waals surface area contributed by atoms with Crippen LogP contribution in [0.5, 0.6) is 5.75 Å². The van der Waals surface area contributed by atoms with E-state index in [1.165, 1.54) is 5.56 Å². The molecule has 0 aliphatic carbocycles. The number of hydrogen-bond donors (Lipinski definition) is 0. The quantitative estimate of drug-likeness (QED) is 0.378. The molecule has 0 aliphatic rings. The van der Waals surface area contributed by atoms with E-state index < -0.39 is 6.04 Å². The Labute approximate surface area is 199 Å². The largest absolute Gasteiger partial charge is 0.484 e. The molecule has 0 bridgehead atoms. The van der Waals surface area contributed by atoms with E-state index in [1.54, 1.807) is 15.5 Å². The molecule has 1 unspecified atom stereocenters. The molecule has 34 heavy (non-hydrogen) atoms. The first-order chi connectivity index (χ1) is 16.5. The Balaban J connectivity index is 1.74. The number of ether oxygens (including phenoxy) is 1. The normalized spacial score (nSPS) is 11.9. The smallest absolute Gasteiger partial charge is 0.266 e. The van der Waals surface area contributed by atoms with Crippen molar-refractivity contribution in [2.45, 2.75) is 33.2 Å². The highest BCUT2D eigenvalue weighted by atomic mass is 16.5. The summed E-state index contributed by atoms with van der Waals surface area (Å²) in [4.78, 5) is 33.3. The summed E-state index contributed by atoms with van der Waals surface area (Å²) >= 11 is 0. The highest BCUT2D eigenvalue weighted by Gasteiger charge is 2.26. The number of carbonyl (C=O) groups is 1. The number of fused-ring (bicyclic) bond motifs is 1. The molecule has 174 valence electrons. The predicted molar refractivity (Wildman–Crippen MR) is 134 cm³/mol. The van der Waals surface area contributed by atoms with E-state index in [9.17, 15) is 9.59 Å². The van der Waals surface area contributed by atoms with Gasteiger partial charge in [-0.05, 0) is 62.2 Å². The summed E-state index contributed by atoms with van der Waals surface area (Å²) in [5.74, 6) is 0.980. The number of amides is 1.